The van der Waals surface area contributed by atoms with Gasteiger partial charge in [0.25, 0.3) is 5.91 Å². The number of thioether (sulfide) groups is 1. The van der Waals surface area contributed by atoms with Gasteiger partial charge < -0.3 is 20.3 Å². The van der Waals surface area contributed by atoms with E-state index in [1.807, 2.05) is 65.6 Å². The molecule has 1 unspecified atom stereocenters. The predicted molar refractivity (Wildman–Crippen MR) is 177 cm³/mol. The topological polar surface area (TPSA) is 106 Å². The Bertz CT molecular complexity index is 1710. The van der Waals surface area contributed by atoms with E-state index < -0.39 is 12.0 Å². The van der Waals surface area contributed by atoms with Gasteiger partial charge in [0.2, 0.25) is 5.91 Å². The number of aromatic nitrogens is 1. The van der Waals surface area contributed by atoms with Crippen molar-refractivity contribution in [3.63, 3.8) is 0 Å². The number of hydrogen-bond donors (Lipinski definition) is 3. The zero-order valence-electron chi connectivity index (χ0n) is 24.6. The fourth-order valence-electron chi connectivity index (χ4n) is 5.85. The lowest BCUT2D eigenvalue weighted by Gasteiger charge is -2.40. The highest BCUT2D eigenvalue weighted by molar-refractivity contribution is 7.99. The third-order valence-electron chi connectivity index (χ3n) is 8.12. The molecule has 45 heavy (non-hydrogen) atoms. The molecule has 1 atom stereocenters. The maximum atomic E-state index is 14.0. The number of carbonyl (C=O) groups excluding carboxylic acids is 2. The van der Waals surface area contributed by atoms with Crippen molar-refractivity contribution >= 4 is 40.4 Å². The summed E-state index contributed by atoms with van der Waals surface area (Å²) in [6.07, 6.45) is 0. The van der Waals surface area contributed by atoms with E-state index >= 15 is 0 Å². The standard InChI is InChI=1S/C36H34N4O4S/c41-34(30-23-27-15-7-9-17-29(27)37-30)38-31(24-45-32-18-10-8-16-28(32)36(43)44)35(42)40-21-19-39(20-22-40)33(25-11-3-1-4-12-25)26-13-5-2-6-14-26/h1-18,23,31,33,37H,19-22,24H2,(H,38,41)(H,43,44). The SMILES string of the molecule is O=C(NC(CSc1ccccc1C(=O)O)C(=O)N1CCN(C(c2ccccc2)c2ccccc2)CC1)c1cc2ccccc2[nH]1. The molecule has 1 aromatic heterocycles. The molecule has 228 valence electrons. The van der Waals surface area contributed by atoms with Crippen molar-refractivity contribution in [1.29, 1.82) is 0 Å². The number of aromatic carboxylic acids is 1. The Morgan fingerprint density at radius 3 is 2.02 bits per heavy atom. The van der Waals surface area contributed by atoms with E-state index in [-0.39, 0.29) is 29.2 Å². The van der Waals surface area contributed by atoms with Crippen LogP contribution in [0.3, 0.4) is 0 Å². The van der Waals surface area contributed by atoms with E-state index in [1.165, 1.54) is 22.9 Å². The minimum Gasteiger partial charge on any atom is -0.478 e. The van der Waals surface area contributed by atoms with E-state index in [0.29, 0.717) is 36.8 Å². The number of carbonyl (C=O) groups is 3. The molecule has 9 heteroatoms. The average molecular weight is 619 g/mol. The fraction of sp³-hybridized carbons (Fsp3) is 0.194. The molecule has 1 fully saturated rings. The van der Waals surface area contributed by atoms with Crippen molar-refractivity contribution in [2.24, 2.45) is 0 Å². The monoisotopic (exact) mass is 618 g/mol. The first-order chi connectivity index (χ1) is 22.0. The van der Waals surface area contributed by atoms with Crippen LogP contribution < -0.4 is 5.32 Å². The number of benzene rings is 4. The summed E-state index contributed by atoms with van der Waals surface area (Å²) in [7, 11) is 0. The van der Waals surface area contributed by atoms with E-state index in [9.17, 15) is 19.5 Å². The summed E-state index contributed by atoms with van der Waals surface area (Å²) in [6, 6.07) is 36.0. The minimum absolute atomic E-state index is 0.0604. The largest absolute Gasteiger partial charge is 0.478 e. The second-order valence-corrected chi connectivity index (χ2v) is 12.1. The normalized spacial score (nSPS) is 14.4. The van der Waals surface area contributed by atoms with Crippen molar-refractivity contribution in [3.05, 3.63) is 138 Å². The number of amides is 2. The van der Waals surface area contributed by atoms with Gasteiger partial charge in [-0.15, -0.1) is 11.8 Å². The van der Waals surface area contributed by atoms with Crippen LogP contribution in [0.15, 0.2) is 120 Å². The van der Waals surface area contributed by atoms with Gasteiger partial charge in [0.15, 0.2) is 0 Å². The van der Waals surface area contributed by atoms with Crippen molar-refractivity contribution in [3.8, 4) is 0 Å². The zero-order valence-corrected chi connectivity index (χ0v) is 25.5. The number of piperazine rings is 1. The van der Waals surface area contributed by atoms with Gasteiger partial charge in [-0.25, -0.2) is 4.79 Å². The van der Waals surface area contributed by atoms with Crippen LogP contribution >= 0.6 is 11.8 Å². The van der Waals surface area contributed by atoms with Gasteiger partial charge in [-0.3, -0.25) is 14.5 Å². The second kappa shape index (κ2) is 13.8. The summed E-state index contributed by atoms with van der Waals surface area (Å²) < 4.78 is 0. The first kappa shape index (κ1) is 30.2. The van der Waals surface area contributed by atoms with Crippen molar-refractivity contribution in [1.82, 2.24) is 20.1 Å². The summed E-state index contributed by atoms with van der Waals surface area (Å²) in [5, 5.41) is 13.5. The number of nitrogens with one attached hydrogen (secondary N) is 2. The Morgan fingerprint density at radius 1 is 0.778 bits per heavy atom. The maximum absolute atomic E-state index is 14.0. The first-order valence-electron chi connectivity index (χ1n) is 14.9. The van der Waals surface area contributed by atoms with Gasteiger partial charge in [-0.05, 0) is 35.4 Å². The highest BCUT2D eigenvalue weighted by atomic mass is 32.2. The summed E-state index contributed by atoms with van der Waals surface area (Å²) >= 11 is 1.25. The van der Waals surface area contributed by atoms with Crippen molar-refractivity contribution < 1.29 is 19.5 Å². The summed E-state index contributed by atoms with van der Waals surface area (Å²) in [6.45, 7) is 2.34. The number of carboxylic acid groups (broad SMARTS) is 1. The molecule has 0 spiro atoms. The number of rotatable bonds is 10. The summed E-state index contributed by atoms with van der Waals surface area (Å²) in [5.74, 6) is -1.42. The molecule has 1 aliphatic heterocycles. The lowest BCUT2D eigenvalue weighted by atomic mass is 9.96. The molecule has 5 aromatic rings. The second-order valence-electron chi connectivity index (χ2n) is 11.0. The number of nitrogens with zero attached hydrogens (tertiary/aromatic N) is 2. The molecule has 6 rings (SSSR count). The Labute approximate surface area is 266 Å². The molecule has 1 saturated heterocycles. The summed E-state index contributed by atoms with van der Waals surface area (Å²) in [5.41, 5.74) is 3.75. The maximum Gasteiger partial charge on any atom is 0.336 e. The van der Waals surface area contributed by atoms with Crippen LogP contribution in [0.4, 0.5) is 0 Å². The van der Waals surface area contributed by atoms with Gasteiger partial charge in [-0.2, -0.15) is 0 Å². The number of para-hydroxylation sites is 1. The molecule has 2 amide bonds. The minimum atomic E-state index is -1.04. The number of hydrogen-bond acceptors (Lipinski definition) is 5. The Morgan fingerprint density at radius 2 is 1.38 bits per heavy atom. The van der Waals surface area contributed by atoms with E-state index in [2.05, 4.69) is 39.5 Å². The lowest BCUT2D eigenvalue weighted by Crippen LogP contribution is -2.56. The van der Waals surface area contributed by atoms with Crippen LogP contribution in [0.1, 0.15) is 38.0 Å². The van der Waals surface area contributed by atoms with Gasteiger partial charge >= 0.3 is 5.97 Å². The van der Waals surface area contributed by atoms with Gasteiger partial charge in [0.1, 0.15) is 11.7 Å². The van der Waals surface area contributed by atoms with Crippen molar-refractivity contribution in [2.75, 3.05) is 31.9 Å². The van der Waals surface area contributed by atoms with Crippen LogP contribution in [0.25, 0.3) is 10.9 Å². The Hall–Kier alpha value is -4.86. The molecule has 0 saturated carbocycles. The predicted octanol–water partition coefficient (Wildman–Crippen LogP) is 5.69. The molecule has 8 nitrogen and oxygen atoms in total. The van der Waals surface area contributed by atoms with Crippen LogP contribution in [-0.2, 0) is 4.79 Å². The highest BCUT2D eigenvalue weighted by Gasteiger charge is 2.32. The molecular weight excluding hydrogens is 584 g/mol. The molecule has 0 aliphatic carbocycles. The van der Waals surface area contributed by atoms with E-state index in [0.717, 1.165) is 10.9 Å². The molecule has 1 aliphatic rings. The molecular formula is C36H34N4O4S. The van der Waals surface area contributed by atoms with Crippen LogP contribution in [-0.4, -0.2) is 75.6 Å². The van der Waals surface area contributed by atoms with Crippen LogP contribution in [0.5, 0.6) is 0 Å². The zero-order chi connectivity index (χ0) is 31.2. The Balaban J connectivity index is 1.20. The number of H-pyrrole nitrogens is 1. The molecule has 0 bridgehead atoms. The average Bonchev–Trinajstić information content (AvgIpc) is 3.53. The smallest absolute Gasteiger partial charge is 0.336 e. The quantitative estimate of drug-likeness (QED) is 0.174. The molecule has 4 aromatic carbocycles. The Kier molecular flexibility index (Phi) is 9.28. The number of fused-ring (bicyclic) bond motifs is 1. The van der Waals surface area contributed by atoms with Crippen LogP contribution in [0.2, 0.25) is 0 Å². The molecule has 3 N–H and O–H groups in total. The van der Waals surface area contributed by atoms with E-state index in [4.69, 9.17) is 0 Å². The molecule has 0 radical (unpaired) electrons. The highest BCUT2D eigenvalue weighted by Crippen LogP contribution is 2.30. The summed E-state index contributed by atoms with van der Waals surface area (Å²) in [4.78, 5) is 47.2. The molecule has 2 heterocycles. The fourth-order valence-corrected chi connectivity index (χ4v) is 6.91. The number of carboxylic acids is 1. The van der Waals surface area contributed by atoms with Gasteiger partial charge in [0.05, 0.1) is 11.6 Å². The van der Waals surface area contributed by atoms with Crippen molar-refractivity contribution in [2.45, 2.75) is 17.0 Å². The van der Waals surface area contributed by atoms with E-state index in [1.54, 1.807) is 30.3 Å². The van der Waals surface area contributed by atoms with Gasteiger partial charge in [-0.1, -0.05) is 91.0 Å². The third-order valence-corrected chi connectivity index (χ3v) is 9.29. The third kappa shape index (κ3) is 6.95. The van der Waals surface area contributed by atoms with Gasteiger partial charge in [0, 0.05) is 47.7 Å². The lowest BCUT2D eigenvalue weighted by molar-refractivity contribution is -0.134. The first-order valence-corrected chi connectivity index (χ1v) is 15.9. The number of aromatic amines is 1. The van der Waals surface area contributed by atoms with Crippen LogP contribution in [0, 0.1) is 0 Å².